The first-order valence-corrected chi connectivity index (χ1v) is 6.83. The summed E-state index contributed by atoms with van der Waals surface area (Å²) in [6, 6.07) is 6.44. The van der Waals surface area contributed by atoms with Crippen LogP contribution >= 0.6 is 0 Å². The van der Waals surface area contributed by atoms with Gasteiger partial charge in [-0.25, -0.2) is 9.78 Å². The van der Waals surface area contributed by atoms with Crippen LogP contribution in [0.25, 0.3) is 17.1 Å². The number of carbonyl (C=O) groups is 1. The highest BCUT2D eigenvalue weighted by Gasteiger charge is 2.13. The number of imidazole rings is 1. The van der Waals surface area contributed by atoms with Gasteiger partial charge in [0.15, 0.2) is 0 Å². The molecule has 0 saturated carbocycles. The van der Waals surface area contributed by atoms with Crippen LogP contribution in [0.4, 0.5) is 0 Å². The first-order chi connectivity index (χ1) is 9.40. The highest BCUT2D eigenvalue weighted by Crippen LogP contribution is 2.25. The van der Waals surface area contributed by atoms with Gasteiger partial charge in [-0.15, -0.1) is 0 Å². The van der Waals surface area contributed by atoms with Crippen molar-refractivity contribution in [2.75, 3.05) is 0 Å². The van der Waals surface area contributed by atoms with E-state index in [-0.39, 0.29) is 6.04 Å². The lowest BCUT2D eigenvalue weighted by atomic mass is 10.0. The molecule has 0 aliphatic rings. The molecule has 0 unspecified atom stereocenters. The molecule has 0 bridgehead atoms. The lowest BCUT2D eigenvalue weighted by Gasteiger charge is -2.12. The van der Waals surface area contributed by atoms with E-state index < -0.39 is 5.97 Å². The summed E-state index contributed by atoms with van der Waals surface area (Å²) in [5.74, 6) is 0.168. The molecular formula is C16H20N2O2. The van der Waals surface area contributed by atoms with Gasteiger partial charge < -0.3 is 9.67 Å². The van der Waals surface area contributed by atoms with Gasteiger partial charge in [0.2, 0.25) is 0 Å². The standard InChI is InChI=1S/C16H20N2O2/c1-10(2)12-5-6-13-14(9-12)18(11(3)4)15(17-13)7-8-16(19)20/h5-11H,1-4H3,(H,19,20)/b8-7+. The van der Waals surface area contributed by atoms with Crippen molar-refractivity contribution in [3.8, 4) is 0 Å². The van der Waals surface area contributed by atoms with Crippen molar-refractivity contribution >= 4 is 23.1 Å². The predicted molar refractivity (Wildman–Crippen MR) is 80.9 cm³/mol. The second kappa shape index (κ2) is 5.49. The number of fused-ring (bicyclic) bond motifs is 1. The quantitative estimate of drug-likeness (QED) is 0.860. The minimum absolute atomic E-state index is 0.218. The largest absolute Gasteiger partial charge is 0.478 e. The number of carboxylic acids is 1. The summed E-state index contributed by atoms with van der Waals surface area (Å²) in [6.07, 6.45) is 2.68. The zero-order chi connectivity index (χ0) is 14.9. The molecule has 0 fully saturated rings. The summed E-state index contributed by atoms with van der Waals surface area (Å²) in [5.41, 5.74) is 3.21. The summed E-state index contributed by atoms with van der Waals surface area (Å²) in [7, 11) is 0. The van der Waals surface area contributed by atoms with E-state index in [1.807, 2.05) is 6.07 Å². The van der Waals surface area contributed by atoms with Crippen molar-refractivity contribution in [2.45, 2.75) is 39.7 Å². The summed E-state index contributed by atoms with van der Waals surface area (Å²) in [4.78, 5) is 15.2. The van der Waals surface area contributed by atoms with Gasteiger partial charge >= 0.3 is 5.97 Å². The fourth-order valence-electron chi connectivity index (χ4n) is 2.29. The maximum atomic E-state index is 10.7. The third-order valence-electron chi connectivity index (χ3n) is 3.30. The molecule has 4 heteroatoms. The number of aliphatic carboxylic acids is 1. The second-order valence-electron chi connectivity index (χ2n) is 5.51. The lowest BCUT2D eigenvalue weighted by Crippen LogP contribution is -2.03. The van der Waals surface area contributed by atoms with Gasteiger partial charge in [-0.2, -0.15) is 0 Å². The maximum Gasteiger partial charge on any atom is 0.328 e. The number of benzene rings is 1. The zero-order valence-corrected chi connectivity index (χ0v) is 12.3. The fourth-order valence-corrected chi connectivity index (χ4v) is 2.29. The lowest BCUT2D eigenvalue weighted by molar-refractivity contribution is -0.131. The zero-order valence-electron chi connectivity index (χ0n) is 12.3. The Morgan fingerprint density at radius 3 is 2.55 bits per heavy atom. The molecule has 106 valence electrons. The highest BCUT2D eigenvalue weighted by atomic mass is 16.4. The van der Waals surface area contributed by atoms with Gasteiger partial charge in [-0.05, 0) is 43.5 Å². The summed E-state index contributed by atoms with van der Waals surface area (Å²) in [5, 5.41) is 8.77. The Morgan fingerprint density at radius 1 is 1.30 bits per heavy atom. The molecule has 0 aliphatic heterocycles. The summed E-state index contributed by atoms with van der Waals surface area (Å²) >= 11 is 0. The van der Waals surface area contributed by atoms with Crippen LogP contribution in [0.5, 0.6) is 0 Å². The van der Waals surface area contributed by atoms with Crippen LogP contribution in [0.3, 0.4) is 0 Å². The van der Waals surface area contributed by atoms with E-state index in [9.17, 15) is 4.79 Å². The topological polar surface area (TPSA) is 55.1 Å². The third kappa shape index (κ3) is 2.74. The van der Waals surface area contributed by atoms with Gasteiger partial charge in [0.25, 0.3) is 0 Å². The third-order valence-corrected chi connectivity index (χ3v) is 3.30. The Labute approximate surface area is 118 Å². The monoisotopic (exact) mass is 272 g/mol. The molecular weight excluding hydrogens is 252 g/mol. The molecule has 0 spiro atoms. The van der Waals surface area contributed by atoms with E-state index in [2.05, 4.69) is 49.4 Å². The Morgan fingerprint density at radius 2 is 2.00 bits per heavy atom. The molecule has 1 aromatic carbocycles. The maximum absolute atomic E-state index is 10.7. The van der Waals surface area contributed by atoms with Crippen LogP contribution in [-0.4, -0.2) is 20.6 Å². The number of nitrogens with zero attached hydrogens (tertiary/aromatic N) is 2. The van der Waals surface area contributed by atoms with Crippen molar-refractivity contribution in [2.24, 2.45) is 0 Å². The SMILES string of the molecule is CC(C)c1ccc2nc(/C=C/C(=O)O)n(C(C)C)c2c1. The normalized spacial score (nSPS) is 12.1. The van der Waals surface area contributed by atoms with E-state index in [0.717, 1.165) is 17.1 Å². The second-order valence-corrected chi connectivity index (χ2v) is 5.51. The highest BCUT2D eigenvalue weighted by molar-refractivity contribution is 5.86. The average molecular weight is 272 g/mol. The van der Waals surface area contributed by atoms with E-state index in [1.54, 1.807) is 6.08 Å². The number of carboxylic acid groups (broad SMARTS) is 1. The van der Waals surface area contributed by atoms with Gasteiger partial charge in [0.05, 0.1) is 11.0 Å². The Bertz CT molecular complexity index is 666. The summed E-state index contributed by atoms with van der Waals surface area (Å²) in [6.45, 7) is 8.45. The van der Waals surface area contributed by atoms with Crippen LogP contribution in [0.15, 0.2) is 24.3 Å². The average Bonchev–Trinajstić information content (AvgIpc) is 2.73. The van der Waals surface area contributed by atoms with Crippen LogP contribution in [0.1, 0.15) is 51.0 Å². The first kappa shape index (κ1) is 14.3. The number of hydrogen-bond acceptors (Lipinski definition) is 2. The molecule has 0 atom stereocenters. The minimum Gasteiger partial charge on any atom is -0.478 e. The molecule has 1 N–H and O–H groups in total. The smallest absolute Gasteiger partial charge is 0.328 e. The van der Waals surface area contributed by atoms with Crippen molar-refractivity contribution < 1.29 is 9.90 Å². The molecule has 2 rings (SSSR count). The van der Waals surface area contributed by atoms with Crippen LogP contribution < -0.4 is 0 Å². The minimum atomic E-state index is -0.963. The molecule has 0 radical (unpaired) electrons. The van der Waals surface area contributed by atoms with Crippen LogP contribution in [0, 0.1) is 0 Å². The van der Waals surface area contributed by atoms with Crippen molar-refractivity contribution in [1.82, 2.24) is 9.55 Å². The number of rotatable bonds is 4. The Hall–Kier alpha value is -2.10. The predicted octanol–water partition coefficient (Wildman–Crippen LogP) is 3.84. The van der Waals surface area contributed by atoms with Gasteiger partial charge in [-0.1, -0.05) is 19.9 Å². The van der Waals surface area contributed by atoms with Crippen LogP contribution in [-0.2, 0) is 4.79 Å². The van der Waals surface area contributed by atoms with Crippen molar-refractivity contribution in [3.05, 3.63) is 35.7 Å². The molecule has 0 saturated heterocycles. The van der Waals surface area contributed by atoms with E-state index in [0.29, 0.717) is 11.7 Å². The molecule has 20 heavy (non-hydrogen) atoms. The molecule has 1 aromatic heterocycles. The number of hydrogen-bond donors (Lipinski definition) is 1. The molecule has 2 aromatic rings. The van der Waals surface area contributed by atoms with Gasteiger partial charge in [0.1, 0.15) is 5.82 Å². The van der Waals surface area contributed by atoms with E-state index >= 15 is 0 Å². The summed E-state index contributed by atoms with van der Waals surface area (Å²) < 4.78 is 2.07. The first-order valence-electron chi connectivity index (χ1n) is 6.83. The van der Waals surface area contributed by atoms with E-state index in [4.69, 9.17) is 5.11 Å². The number of aromatic nitrogens is 2. The van der Waals surface area contributed by atoms with E-state index in [1.165, 1.54) is 5.56 Å². The van der Waals surface area contributed by atoms with Crippen molar-refractivity contribution in [3.63, 3.8) is 0 Å². The fraction of sp³-hybridized carbons (Fsp3) is 0.375. The Kier molecular flexibility index (Phi) is 3.93. The van der Waals surface area contributed by atoms with Gasteiger partial charge in [0, 0.05) is 12.1 Å². The van der Waals surface area contributed by atoms with Gasteiger partial charge in [-0.3, -0.25) is 0 Å². The van der Waals surface area contributed by atoms with Crippen LogP contribution in [0.2, 0.25) is 0 Å². The van der Waals surface area contributed by atoms with Crippen molar-refractivity contribution in [1.29, 1.82) is 0 Å². The molecule has 1 heterocycles. The molecule has 0 amide bonds. The Balaban J connectivity index is 2.64. The molecule has 4 nitrogen and oxygen atoms in total. The molecule has 0 aliphatic carbocycles.